The maximum absolute atomic E-state index is 12.5. The molecule has 1 aliphatic rings. The van der Waals surface area contributed by atoms with Crippen molar-refractivity contribution in [3.8, 4) is 0 Å². The first-order valence-electron chi connectivity index (χ1n) is 7.07. The van der Waals surface area contributed by atoms with Gasteiger partial charge in [-0.15, -0.1) is 0 Å². The van der Waals surface area contributed by atoms with E-state index in [0.717, 1.165) is 17.0 Å². The van der Waals surface area contributed by atoms with Crippen LogP contribution in [0.3, 0.4) is 0 Å². The minimum absolute atomic E-state index is 0.104. The zero-order valence-electron chi connectivity index (χ0n) is 12.3. The number of hydrogen-bond acceptors (Lipinski definition) is 2. The topological polar surface area (TPSA) is 45.5 Å². The molecule has 2 heterocycles. The lowest BCUT2D eigenvalue weighted by molar-refractivity contribution is 0.0546. The first kappa shape index (κ1) is 14.1. The van der Waals surface area contributed by atoms with E-state index >= 15 is 0 Å². The van der Waals surface area contributed by atoms with Gasteiger partial charge in [0.05, 0.1) is 11.7 Å². The number of carbonyl (C=O) groups excluding carboxylic acids is 1. The molecule has 0 aliphatic carbocycles. The summed E-state index contributed by atoms with van der Waals surface area (Å²) in [7, 11) is 0. The van der Waals surface area contributed by atoms with E-state index in [1.807, 2.05) is 24.8 Å². The van der Waals surface area contributed by atoms with E-state index in [9.17, 15) is 9.90 Å². The summed E-state index contributed by atoms with van der Waals surface area (Å²) in [5.41, 5.74) is 2.99. The van der Waals surface area contributed by atoms with Gasteiger partial charge < -0.3 is 14.6 Å². The molecule has 0 spiro atoms. The number of likely N-dealkylation sites (tertiary alicyclic amines) is 1. The molecule has 4 heteroatoms. The predicted octanol–water partition coefficient (Wildman–Crippen LogP) is 2.28. The van der Waals surface area contributed by atoms with Crippen molar-refractivity contribution in [3.63, 3.8) is 0 Å². The molecule has 1 amide bonds. The molecule has 1 aromatic rings. The van der Waals surface area contributed by atoms with Crippen LogP contribution in [0.1, 0.15) is 54.5 Å². The van der Waals surface area contributed by atoms with Crippen LogP contribution >= 0.6 is 0 Å². The van der Waals surface area contributed by atoms with Crippen LogP contribution in [-0.4, -0.2) is 39.7 Å². The number of piperidine rings is 1. The normalized spacial score (nSPS) is 17.3. The van der Waals surface area contributed by atoms with Crippen molar-refractivity contribution < 1.29 is 9.90 Å². The van der Waals surface area contributed by atoms with Gasteiger partial charge in [-0.25, -0.2) is 0 Å². The molecule has 1 aromatic heterocycles. The summed E-state index contributed by atoms with van der Waals surface area (Å²) in [4.78, 5) is 14.4. The lowest BCUT2D eigenvalue weighted by Crippen LogP contribution is -2.40. The van der Waals surface area contributed by atoms with E-state index in [-0.39, 0.29) is 12.0 Å². The van der Waals surface area contributed by atoms with E-state index in [1.54, 1.807) is 0 Å². The predicted molar refractivity (Wildman–Crippen MR) is 75.4 cm³/mol. The lowest BCUT2D eigenvalue weighted by Gasteiger charge is -2.29. The Labute approximate surface area is 115 Å². The minimum atomic E-state index is -0.243. The Balaban J connectivity index is 2.22. The van der Waals surface area contributed by atoms with E-state index in [2.05, 4.69) is 18.4 Å². The highest BCUT2D eigenvalue weighted by Crippen LogP contribution is 2.22. The maximum atomic E-state index is 12.5. The third-order valence-electron chi connectivity index (χ3n) is 3.98. The first-order chi connectivity index (χ1) is 8.91. The molecule has 0 bridgehead atoms. The maximum Gasteiger partial charge on any atom is 0.255 e. The largest absolute Gasteiger partial charge is 0.393 e. The first-order valence-corrected chi connectivity index (χ1v) is 7.07. The van der Waals surface area contributed by atoms with Gasteiger partial charge >= 0.3 is 0 Å². The summed E-state index contributed by atoms with van der Waals surface area (Å²) >= 11 is 0. The molecule has 1 saturated heterocycles. The van der Waals surface area contributed by atoms with Crippen molar-refractivity contribution in [1.29, 1.82) is 0 Å². The second-order valence-corrected chi connectivity index (χ2v) is 5.77. The zero-order valence-corrected chi connectivity index (χ0v) is 12.3. The fraction of sp³-hybridized carbons (Fsp3) is 0.667. The van der Waals surface area contributed by atoms with Gasteiger partial charge in [0.15, 0.2) is 0 Å². The summed E-state index contributed by atoms with van der Waals surface area (Å²) in [5, 5.41) is 9.51. The SMILES string of the molecule is Cc1cc(C(=O)N2CCC(O)CC2)c(C)n1C(C)C. The van der Waals surface area contributed by atoms with Gasteiger partial charge in [-0.05, 0) is 46.6 Å². The Bertz CT molecular complexity index is 469. The molecule has 106 valence electrons. The molecule has 0 unspecified atom stereocenters. The third-order valence-corrected chi connectivity index (χ3v) is 3.98. The molecule has 1 fully saturated rings. The van der Waals surface area contributed by atoms with Crippen LogP contribution < -0.4 is 0 Å². The Morgan fingerprint density at radius 3 is 2.37 bits per heavy atom. The number of aliphatic hydroxyl groups excluding tert-OH is 1. The second-order valence-electron chi connectivity index (χ2n) is 5.77. The van der Waals surface area contributed by atoms with E-state index in [1.165, 1.54) is 0 Å². The van der Waals surface area contributed by atoms with Gasteiger partial charge in [-0.3, -0.25) is 4.79 Å². The number of rotatable bonds is 2. The second kappa shape index (κ2) is 5.37. The number of aliphatic hydroxyl groups is 1. The van der Waals surface area contributed by atoms with Gasteiger partial charge in [-0.2, -0.15) is 0 Å². The fourth-order valence-electron chi connectivity index (χ4n) is 3.03. The van der Waals surface area contributed by atoms with Gasteiger partial charge in [-0.1, -0.05) is 0 Å². The smallest absolute Gasteiger partial charge is 0.255 e. The summed E-state index contributed by atoms with van der Waals surface area (Å²) in [6.45, 7) is 9.64. The highest BCUT2D eigenvalue weighted by atomic mass is 16.3. The molecule has 4 nitrogen and oxygen atoms in total. The molecule has 19 heavy (non-hydrogen) atoms. The molecule has 1 N–H and O–H groups in total. The van der Waals surface area contributed by atoms with Crippen LogP contribution in [0, 0.1) is 13.8 Å². The van der Waals surface area contributed by atoms with Gasteiger partial charge in [0.2, 0.25) is 0 Å². The van der Waals surface area contributed by atoms with Crippen LogP contribution in [-0.2, 0) is 0 Å². The summed E-state index contributed by atoms with van der Waals surface area (Å²) in [5.74, 6) is 0.104. The van der Waals surface area contributed by atoms with E-state index in [4.69, 9.17) is 0 Å². The van der Waals surface area contributed by atoms with Crippen LogP contribution in [0.15, 0.2) is 6.07 Å². The Kier molecular flexibility index (Phi) is 3.99. The van der Waals surface area contributed by atoms with E-state index in [0.29, 0.717) is 32.0 Å². The third kappa shape index (κ3) is 2.68. The average Bonchev–Trinajstić information content (AvgIpc) is 2.65. The number of hydrogen-bond donors (Lipinski definition) is 1. The summed E-state index contributed by atoms with van der Waals surface area (Å²) in [6, 6.07) is 2.35. The summed E-state index contributed by atoms with van der Waals surface area (Å²) in [6.07, 6.45) is 1.13. The number of aromatic nitrogens is 1. The zero-order chi connectivity index (χ0) is 14.2. The molecule has 0 atom stereocenters. The fourth-order valence-corrected chi connectivity index (χ4v) is 3.03. The number of amides is 1. The Morgan fingerprint density at radius 2 is 1.89 bits per heavy atom. The molecular formula is C15H24N2O2. The van der Waals surface area contributed by atoms with Crippen LogP contribution in [0.5, 0.6) is 0 Å². The highest BCUT2D eigenvalue weighted by molar-refractivity contribution is 5.95. The summed E-state index contributed by atoms with van der Waals surface area (Å²) < 4.78 is 2.20. The number of aryl methyl sites for hydroxylation is 1. The van der Waals surface area contributed by atoms with Crippen molar-refractivity contribution >= 4 is 5.91 Å². The molecular weight excluding hydrogens is 240 g/mol. The van der Waals surface area contributed by atoms with Gasteiger partial charge in [0.1, 0.15) is 0 Å². The molecule has 1 aliphatic heterocycles. The van der Waals surface area contributed by atoms with Crippen molar-refractivity contribution in [2.45, 2.75) is 52.7 Å². The monoisotopic (exact) mass is 264 g/mol. The number of nitrogens with zero attached hydrogens (tertiary/aromatic N) is 2. The van der Waals surface area contributed by atoms with Crippen molar-refractivity contribution in [1.82, 2.24) is 9.47 Å². The molecule has 0 aromatic carbocycles. The minimum Gasteiger partial charge on any atom is -0.393 e. The van der Waals surface area contributed by atoms with Crippen LogP contribution in [0.2, 0.25) is 0 Å². The lowest BCUT2D eigenvalue weighted by atomic mass is 10.1. The van der Waals surface area contributed by atoms with E-state index < -0.39 is 0 Å². The highest BCUT2D eigenvalue weighted by Gasteiger charge is 2.25. The van der Waals surface area contributed by atoms with Crippen molar-refractivity contribution in [3.05, 3.63) is 23.0 Å². The Hall–Kier alpha value is -1.29. The van der Waals surface area contributed by atoms with Gasteiger partial charge in [0.25, 0.3) is 5.91 Å². The standard InChI is InChI=1S/C15H24N2O2/c1-10(2)17-11(3)9-14(12(17)4)15(19)16-7-5-13(18)6-8-16/h9-10,13,18H,5-8H2,1-4H3. The van der Waals surface area contributed by atoms with Crippen LogP contribution in [0.4, 0.5) is 0 Å². The average molecular weight is 264 g/mol. The Morgan fingerprint density at radius 1 is 1.32 bits per heavy atom. The van der Waals surface area contributed by atoms with Gasteiger partial charge in [0, 0.05) is 30.5 Å². The van der Waals surface area contributed by atoms with Crippen LogP contribution in [0.25, 0.3) is 0 Å². The molecule has 2 rings (SSSR count). The molecule has 0 radical (unpaired) electrons. The number of carbonyl (C=O) groups is 1. The quantitative estimate of drug-likeness (QED) is 0.890. The molecule has 0 saturated carbocycles. The van der Waals surface area contributed by atoms with Crippen molar-refractivity contribution in [2.24, 2.45) is 0 Å². The van der Waals surface area contributed by atoms with Crippen molar-refractivity contribution in [2.75, 3.05) is 13.1 Å².